The zero-order valence-electron chi connectivity index (χ0n) is 9.77. The quantitative estimate of drug-likeness (QED) is 0.851. The fourth-order valence-electron chi connectivity index (χ4n) is 1.80. The fraction of sp³-hybridized carbons (Fsp3) is 0.308. The normalized spacial score (nSPS) is 10.7. The molecule has 0 aliphatic carbocycles. The minimum Gasteiger partial charge on any atom is -0.326 e. The van der Waals surface area contributed by atoms with Crippen LogP contribution in [0.1, 0.15) is 22.4 Å². The highest BCUT2D eigenvalue weighted by Crippen LogP contribution is 2.11. The van der Waals surface area contributed by atoms with E-state index < -0.39 is 0 Å². The van der Waals surface area contributed by atoms with Gasteiger partial charge in [-0.15, -0.1) is 0 Å². The molecule has 16 heavy (non-hydrogen) atoms. The topological polar surface area (TPSA) is 43.8 Å². The number of nitrogens with zero attached hydrogens (tertiary/aromatic N) is 2. The molecule has 1 aromatic heterocycles. The first kappa shape index (κ1) is 10.9. The molecule has 1 heterocycles. The number of hydrogen-bond acceptors (Lipinski definition) is 2. The Morgan fingerprint density at radius 2 is 1.94 bits per heavy atom. The maximum Gasteiger partial charge on any atom is 0.0662 e. The van der Waals surface area contributed by atoms with Gasteiger partial charge in [-0.2, -0.15) is 5.10 Å². The first-order valence-corrected chi connectivity index (χ1v) is 5.48. The van der Waals surface area contributed by atoms with Crippen molar-refractivity contribution < 1.29 is 0 Å². The maximum atomic E-state index is 5.63. The summed E-state index contributed by atoms with van der Waals surface area (Å²) in [5.41, 5.74) is 10.4. The van der Waals surface area contributed by atoms with Gasteiger partial charge in [-0.25, -0.2) is 0 Å². The molecule has 2 rings (SSSR count). The minimum atomic E-state index is 0.555. The summed E-state index contributed by atoms with van der Waals surface area (Å²) in [6, 6.07) is 8.37. The fourth-order valence-corrected chi connectivity index (χ4v) is 1.80. The van der Waals surface area contributed by atoms with Crippen LogP contribution in [0.5, 0.6) is 0 Å². The lowest BCUT2D eigenvalue weighted by molar-refractivity contribution is 0.676. The highest BCUT2D eigenvalue weighted by Gasteiger charge is 2.04. The molecule has 3 nitrogen and oxygen atoms in total. The Morgan fingerprint density at radius 3 is 2.56 bits per heavy atom. The first-order valence-electron chi connectivity index (χ1n) is 5.48. The van der Waals surface area contributed by atoms with Crippen molar-refractivity contribution in [1.29, 1.82) is 0 Å². The van der Waals surface area contributed by atoms with Gasteiger partial charge >= 0.3 is 0 Å². The smallest absolute Gasteiger partial charge is 0.0662 e. The molecule has 2 aromatic rings. The Bertz CT molecular complexity index is 486. The van der Waals surface area contributed by atoms with Crippen molar-refractivity contribution in [2.24, 2.45) is 5.73 Å². The minimum absolute atomic E-state index is 0.555. The zero-order chi connectivity index (χ0) is 11.5. The molecule has 0 bridgehead atoms. The van der Waals surface area contributed by atoms with Crippen LogP contribution in [0.15, 0.2) is 30.5 Å². The maximum absolute atomic E-state index is 5.63. The summed E-state index contributed by atoms with van der Waals surface area (Å²) in [5, 5.41) is 4.45. The summed E-state index contributed by atoms with van der Waals surface area (Å²) in [7, 11) is 0. The number of rotatable bonds is 3. The van der Waals surface area contributed by atoms with E-state index in [0.29, 0.717) is 6.54 Å². The van der Waals surface area contributed by atoms with Crippen LogP contribution >= 0.6 is 0 Å². The number of nitrogens with two attached hydrogens (primary N) is 1. The standard InChI is InChI=1S/C13H17N3/c1-10-5-3-4-6-12(10)8-16-9-13(7-14)11(2)15-16/h3-6,9H,7-8,14H2,1-2H3. The van der Waals surface area contributed by atoms with Crippen molar-refractivity contribution in [3.63, 3.8) is 0 Å². The van der Waals surface area contributed by atoms with Crippen LogP contribution in [0.4, 0.5) is 0 Å². The number of benzene rings is 1. The third-order valence-electron chi connectivity index (χ3n) is 2.86. The van der Waals surface area contributed by atoms with E-state index >= 15 is 0 Å². The molecule has 0 fully saturated rings. The largest absolute Gasteiger partial charge is 0.326 e. The van der Waals surface area contributed by atoms with Crippen molar-refractivity contribution in [1.82, 2.24) is 9.78 Å². The van der Waals surface area contributed by atoms with E-state index in [1.807, 2.05) is 17.8 Å². The summed E-state index contributed by atoms with van der Waals surface area (Å²) >= 11 is 0. The number of aryl methyl sites for hydroxylation is 2. The Kier molecular flexibility index (Phi) is 3.06. The van der Waals surface area contributed by atoms with E-state index in [2.05, 4.69) is 36.3 Å². The van der Waals surface area contributed by atoms with Gasteiger partial charge in [-0.1, -0.05) is 24.3 Å². The Hall–Kier alpha value is -1.61. The van der Waals surface area contributed by atoms with Crippen molar-refractivity contribution in [2.45, 2.75) is 26.9 Å². The lowest BCUT2D eigenvalue weighted by Gasteiger charge is -2.05. The summed E-state index contributed by atoms with van der Waals surface area (Å²) < 4.78 is 1.96. The van der Waals surface area contributed by atoms with Crippen LogP contribution in [0.3, 0.4) is 0 Å². The third-order valence-corrected chi connectivity index (χ3v) is 2.86. The van der Waals surface area contributed by atoms with E-state index in [1.165, 1.54) is 11.1 Å². The molecule has 0 aliphatic rings. The zero-order valence-corrected chi connectivity index (χ0v) is 9.77. The van der Waals surface area contributed by atoms with E-state index in [9.17, 15) is 0 Å². The van der Waals surface area contributed by atoms with Gasteiger partial charge in [0.2, 0.25) is 0 Å². The Labute approximate surface area is 95.9 Å². The second kappa shape index (κ2) is 4.49. The van der Waals surface area contributed by atoms with Crippen molar-refractivity contribution in [3.05, 3.63) is 52.8 Å². The molecule has 0 amide bonds. The monoisotopic (exact) mass is 215 g/mol. The molecule has 0 spiro atoms. The van der Waals surface area contributed by atoms with Gasteiger partial charge in [0, 0.05) is 18.3 Å². The molecule has 84 valence electrons. The van der Waals surface area contributed by atoms with E-state index in [0.717, 1.165) is 17.8 Å². The van der Waals surface area contributed by atoms with E-state index in [1.54, 1.807) is 0 Å². The molecule has 0 atom stereocenters. The SMILES string of the molecule is Cc1ccccc1Cn1cc(CN)c(C)n1. The van der Waals surface area contributed by atoms with Gasteiger partial charge in [0.25, 0.3) is 0 Å². The van der Waals surface area contributed by atoms with Gasteiger partial charge in [0.15, 0.2) is 0 Å². The Balaban J connectivity index is 2.24. The van der Waals surface area contributed by atoms with E-state index in [4.69, 9.17) is 5.73 Å². The molecular weight excluding hydrogens is 198 g/mol. The highest BCUT2D eigenvalue weighted by atomic mass is 15.3. The second-order valence-electron chi connectivity index (χ2n) is 4.07. The number of aromatic nitrogens is 2. The summed E-state index contributed by atoms with van der Waals surface area (Å²) in [5.74, 6) is 0. The molecule has 0 aliphatic heterocycles. The van der Waals surface area contributed by atoms with Crippen LogP contribution in [0.2, 0.25) is 0 Å². The van der Waals surface area contributed by atoms with Crippen LogP contribution in [-0.2, 0) is 13.1 Å². The lowest BCUT2D eigenvalue weighted by Crippen LogP contribution is -2.02. The molecule has 0 unspecified atom stereocenters. The molecular formula is C13H17N3. The van der Waals surface area contributed by atoms with Gasteiger partial charge in [-0.3, -0.25) is 4.68 Å². The van der Waals surface area contributed by atoms with Crippen molar-refractivity contribution >= 4 is 0 Å². The van der Waals surface area contributed by atoms with Crippen LogP contribution < -0.4 is 5.73 Å². The average Bonchev–Trinajstić information content (AvgIpc) is 2.62. The van der Waals surface area contributed by atoms with Crippen LogP contribution in [-0.4, -0.2) is 9.78 Å². The third kappa shape index (κ3) is 2.14. The molecule has 3 heteroatoms. The Morgan fingerprint density at radius 1 is 1.19 bits per heavy atom. The molecule has 0 radical (unpaired) electrons. The van der Waals surface area contributed by atoms with Crippen molar-refractivity contribution in [2.75, 3.05) is 0 Å². The predicted octanol–water partition coefficient (Wildman–Crippen LogP) is 2.01. The molecule has 2 N–H and O–H groups in total. The molecule has 0 saturated carbocycles. The first-order chi connectivity index (χ1) is 7.70. The summed E-state index contributed by atoms with van der Waals surface area (Å²) in [6.07, 6.45) is 2.03. The summed E-state index contributed by atoms with van der Waals surface area (Å²) in [4.78, 5) is 0. The number of hydrogen-bond donors (Lipinski definition) is 1. The van der Waals surface area contributed by atoms with Gasteiger partial charge < -0.3 is 5.73 Å². The van der Waals surface area contributed by atoms with Gasteiger partial charge in [0.05, 0.1) is 12.2 Å². The van der Waals surface area contributed by atoms with Gasteiger partial charge in [0.1, 0.15) is 0 Å². The van der Waals surface area contributed by atoms with E-state index in [-0.39, 0.29) is 0 Å². The highest BCUT2D eigenvalue weighted by molar-refractivity contribution is 5.26. The second-order valence-corrected chi connectivity index (χ2v) is 4.07. The van der Waals surface area contributed by atoms with Crippen molar-refractivity contribution in [3.8, 4) is 0 Å². The predicted molar refractivity (Wildman–Crippen MR) is 65.1 cm³/mol. The van der Waals surface area contributed by atoms with Crippen LogP contribution in [0, 0.1) is 13.8 Å². The average molecular weight is 215 g/mol. The lowest BCUT2D eigenvalue weighted by atomic mass is 10.1. The van der Waals surface area contributed by atoms with Crippen LogP contribution in [0.25, 0.3) is 0 Å². The summed E-state index contributed by atoms with van der Waals surface area (Å²) in [6.45, 7) is 5.49. The van der Waals surface area contributed by atoms with Gasteiger partial charge in [-0.05, 0) is 25.0 Å². The molecule has 0 saturated heterocycles. The molecule has 1 aromatic carbocycles.